The van der Waals surface area contributed by atoms with Crippen molar-refractivity contribution in [3.8, 4) is 0 Å². The Morgan fingerprint density at radius 2 is 1.96 bits per heavy atom. The largest absolute Gasteiger partial charge is 0.346 e. The summed E-state index contributed by atoms with van der Waals surface area (Å²) in [6.07, 6.45) is 3.89. The number of rotatable bonds is 4. The van der Waals surface area contributed by atoms with Crippen LogP contribution in [0.3, 0.4) is 0 Å². The summed E-state index contributed by atoms with van der Waals surface area (Å²) >= 11 is 1.58. The zero-order chi connectivity index (χ0) is 20.1. The Labute approximate surface area is 170 Å². The molecule has 0 spiro atoms. The van der Waals surface area contributed by atoms with Gasteiger partial charge in [-0.05, 0) is 44.9 Å². The third-order valence-electron chi connectivity index (χ3n) is 4.57. The molecule has 6 nitrogen and oxygen atoms in total. The van der Waals surface area contributed by atoms with Crippen molar-refractivity contribution in [3.05, 3.63) is 46.7 Å². The lowest BCUT2D eigenvalue weighted by atomic mass is 10.2. The molecule has 0 bridgehead atoms. The second-order valence-corrected chi connectivity index (χ2v) is 7.84. The third-order valence-corrected chi connectivity index (χ3v) is 5.61. The van der Waals surface area contributed by atoms with E-state index in [1.807, 2.05) is 56.9 Å². The molecule has 1 amide bonds. The molecule has 7 heteroatoms. The zero-order valence-electron chi connectivity index (χ0n) is 16.9. The molecule has 1 aliphatic heterocycles. The maximum absolute atomic E-state index is 13.0. The first-order valence-corrected chi connectivity index (χ1v) is 10.7. The number of fused-ring (bicyclic) bond motifs is 1. The van der Waals surface area contributed by atoms with E-state index in [0.29, 0.717) is 11.6 Å². The van der Waals surface area contributed by atoms with Gasteiger partial charge in [-0.3, -0.25) is 9.78 Å². The van der Waals surface area contributed by atoms with E-state index in [1.54, 1.807) is 17.5 Å². The number of thiophene rings is 1. The predicted molar refractivity (Wildman–Crippen MR) is 115 cm³/mol. The summed E-state index contributed by atoms with van der Waals surface area (Å²) in [5.41, 5.74) is 2.23. The number of likely N-dealkylation sites (tertiary alicyclic amines) is 1. The molecule has 0 saturated carbocycles. The standard InChI is InChI=1S/C19H21N5OS.C2H6/c1-12-11-15-17(26-12)16(18(25)24-9-5-6-10-24)23-19(22-15)21-13(2)14-7-3-4-8-20-14;1-2/h3-4,7-8,11,13H,5-6,9-10H2,1-2H3,(H,21,22,23);1-2H3/t13-;/m0./s1. The number of carbonyl (C=O) groups excluding carboxylic acids is 1. The van der Waals surface area contributed by atoms with Crippen LogP contribution in [-0.2, 0) is 0 Å². The fraction of sp³-hybridized carbons (Fsp3) is 0.429. The van der Waals surface area contributed by atoms with E-state index in [4.69, 9.17) is 0 Å². The molecule has 0 aliphatic carbocycles. The number of nitrogens with zero attached hydrogens (tertiary/aromatic N) is 4. The highest BCUT2D eigenvalue weighted by atomic mass is 32.1. The van der Waals surface area contributed by atoms with Gasteiger partial charge >= 0.3 is 0 Å². The summed E-state index contributed by atoms with van der Waals surface area (Å²) in [7, 11) is 0. The number of anilines is 1. The van der Waals surface area contributed by atoms with Gasteiger partial charge in [-0.25, -0.2) is 9.97 Å². The zero-order valence-corrected chi connectivity index (χ0v) is 17.7. The first kappa shape index (κ1) is 20.2. The molecule has 1 N–H and O–H groups in total. The third kappa shape index (κ3) is 4.30. The first-order valence-electron chi connectivity index (χ1n) is 9.87. The molecular formula is C21H27N5OS. The van der Waals surface area contributed by atoms with Crippen LogP contribution in [0.15, 0.2) is 30.5 Å². The lowest BCUT2D eigenvalue weighted by Crippen LogP contribution is -2.29. The minimum absolute atomic E-state index is 0.00490. The van der Waals surface area contributed by atoms with Gasteiger partial charge < -0.3 is 10.2 Å². The Bertz CT molecular complexity index is 935. The number of carbonyl (C=O) groups is 1. The minimum Gasteiger partial charge on any atom is -0.346 e. The molecule has 1 fully saturated rings. The number of nitrogens with one attached hydrogen (secondary N) is 1. The topological polar surface area (TPSA) is 71.0 Å². The molecule has 0 aromatic carbocycles. The molecule has 0 radical (unpaired) electrons. The van der Waals surface area contributed by atoms with Crippen LogP contribution in [0.1, 0.15) is 60.7 Å². The fourth-order valence-electron chi connectivity index (χ4n) is 3.23. The molecule has 0 unspecified atom stereocenters. The van der Waals surface area contributed by atoms with E-state index < -0.39 is 0 Å². The Morgan fingerprint density at radius 3 is 2.64 bits per heavy atom. The second-order valence-electron chi connectivity index (χ2n) is 6.59. The molecule has 4 rings (SSSR count). The molecule has 3 aromatic rings. The number of hydrogen-bond acceptors (Lipinski definition) is 6. The minimum atomic E-state index is -0.0527. The van der Waals surface area contributed by atoms with Gasteiger partial charge in [0.05, 0.1) is 22.0 Å². The normalized spacial score (nSPS) is 14.5. The predicted octanol–water partition coefficient (Wildman–Crippen LogP) is 4.83. The van der Waals surface area contributed by atoms with E-state index in [-0.39, 0.29) is 11.9 Å². The van der Waals surface area contributed by atoms with Crippen LogP contribution in [0.5, 0.6) is 0 Å². The van der Waals surface area contributed by atoms with Crippen LogP contribution < -0.4 is 5.32 Å². The first-order chi connectivity index (χ1) is 13.6. The average Bonchev–Trinajstić information content (AvgIpc) is 3.38. The van der Waals surface area contributed by atoms with Gasteiger partial charge in [0.2, 0.25) is 5.95 Å². The summed E-state index contributed by atoms with van der Waals surface area (Å²) in [5, 5.41) is 3.29. The number of aryl methyl sites for hydroxylation is 1. The summed E-state index contributed by atoms with van der Waals surface area (Å²) in [4.78, 5) is 29.6. The summed E-state index contributed by atoms with van der Waals surface area (Å²) in [6, 6.07) is 7.76. The van der Waals surface area contributed by atoms with Gasteiger partial charge in [-0.1, -0.05) is 19.9 Å². The van der Waals surface area contributed by atoms with Crippen molar-refractivity contribution in [2.45, 2.75) is 46.6 Å². The van der Waals surface area contributed by atoms with E-state index in [9.17, 15) is 4.79 Å². The van der Waals surface area contributed by atoms with Crippen LogP contribution >= 0.6 is 11.3 Å². The number of pyridine rings is 1. The molecule has 1 saturated heterocycles. The second kappa shape index (κ2) is 9.10. The van der Waals surface area contributed by atoms with Crippen molar-refractivity contribution in [3.63, 3.8) is 0 Å². The Hall–Kier alpha value is -2.54. The van der Waals surface area contributed by atoms with Crippen molar-refractivity contribution in [1.82, 2.24) is 19.9 Å². The van der Waals surface area contributed by atoms with Crippen molar-refractivity contribution < 1.29 is 4.79 Å². The lowest BCUT2D eigenvalue weighted by Gasteiger charge is -2.17. The van der Waals surface area contributed by atoms with E-state index in [0.717, 1.165) is 46.7 Å². The van der Waals surface area contributed by atoms with Crippen LogP contribution in [0.2, 0.25) is 0 Å². The Morgan fingerprint density at radius 1 is 1.21 bits per heavy atom. The highest BCUT2D eigenvalue weighted by Crippen LogP contribution is 2.29. The van der Waals surface area contributed by atoms with E-state index in [1.165, 1.54) is 0 Å². The van der Waals surface area contributed by atoms with Crippen LogP contribution in [0.4, 0.5) is 5.95 Å². The smallest absolute Gasteiger partial charge is 0.274 e. The SMILES string of the molecule is CC.Cc1cc2nc(N[C@@H](C)c3ccccn3)nc(C(=O)N3CCCC3)c2s1. The maximum atomic E-state index is 13.0. The fourth-order valence-corrected chi connectivity index (χ4v) is 4.16. The summed E-state index contributed by atoms with van der Waals surface area (Å²) in [5.74, 6) is 0.473. The van der Waals surface area contributed by atoms with Gasteiger partial charge in [-0.15, -0.1) is 11.3 Å². The summed E-state index contributed by atoms with van der Waals surface area (Å²) in [6.45, 7) is 9.65. The van der Waals surface area contributed by atoms with Crippen LogP contribution in [0, 0.1) is 6.92 Å². The Kier molecular flexibility index (Phi) is 6.57. The van der Waals surface area contributed by atoms with Gasteiger partial charge in [0, 0.05) is 24.2 Å². The van der Waals surface area contributed by atoms with Crippen molar-refractivity contribution in [2.24, 2.45) is 0 Å². The molecule has 1 atom stereocenters. The van der Waals surface area contributed by atoms with Crippen LogP contribution in [0.25, 0.3) is 10.2 Å². The van der Waals surface area contributed by atoms with Crippen molar-refractivity contribution in [2.75, 3.05) is 18.4 Å². The monoisotopic (exact) mass is 397 g/mol. The maximum Gasteiger partial charge on any atom is 0.274 e. The highest BCUT2D eigenvalue weighted by Gasteiger charge is 2.25. The molecule has 4 heterocycles. The number of aromatic nitrogens is 3. The average molecular weight is 398 g/mol. The Balaban J connectivity index is 0.00000109. The molecule has 1 aliphatic rings. The quantitative estimate of drug-likeness (QED) is 0.683. The molecule has 148 valence electrons. The molecule has 3 aromatic heterocycles. The molecule has 28 heavy (non-hydrogen) atoms. The van der Waals surface area contributed by atoms with E-state index in [2.05, 4.69) is 20.3 Å². The van der Waals surface area contributed by atoms with Crippen LogP contribution in [-0.4, -0.2) is 38.8 Å². The van der Waals surface area contributed by atoms with Crippen molar-refractivity contribution >= 4 is 33.4 Å². The van der Waals surface area contributed by atoms with Gasteiger partial charge in [-0.2, -0.15) is 0 Å². The number of hydrogen-bond donors (Lipinski definition) is 1. The lowest BCUT2D eigenvalue weighted by molar-refractivity contribution is 0.0789. The summed E-state index contributed by atoms with van der Waals surface area (Å²) < 4.78 is 0.871. The number of amides is 1. The van der Waals surface area contributed by atoms with Gasteiger partial charge in [0.1, 0.15) is 0 Å². The molecular weight excluding hydrogens is 370 g/mol. The van der Waals surface area contributed by atoms with Crippen molar-refractivity contribution in [1.29, 1.82) is 0 Å². The van der Waals surface area contributed by atoms with Gasteiger partial charge in [0.15, 0.2) is 5.69 Å². The highest BCUT2D eigenvalue weighted by molar-refractivity contribution is 7.19. The van der Waals surface area contributed by atoms with E-state index >= 15 is 0 Å². The van der Waals surface area contributed by atoms with Gasteiger partial charge in [0.25, 0.3) is 5.91 Å².